The van der Waals surface area contributed by atoms with Crippen molar-refractivity contribution >= 4 is 45.9 Å². The van der Waals surface area contributed by atoms with E-state index >= 15 is 0 Å². The van der Waals surface area contributed by atoms with E-state index in [9.17, 15) is 9.59 Å². The summed E-state index contributed by atoms with van der Waals surface area (Å²) in [6, 6.07) is 0.251. The molecule has 2 atom stereocenters. The van der Waals surface area contributed by atoms with Crippen molar-refractivity contribution in [3.05, 3.63) is 23.2 Å². The minimum Gasteiger partial charge on any atom is -0.348 e. The van der Waals surface area contributed by atoms with E-state index in [1.165, 1.54) is 23.3 Å². The van der Waals surface area contributed by atoms with Crippen molar-refractivity contribution in [3.8, 4) is 0 Å². The Bertz CT molecular complexity index is 854. The maximum atomic E-state index is 12.1. The average molecular weight is 422 g/mol. The van der Waals surface area contributed by atoms with Gasteiger partial charge in [0.05, 0.1) is 12.7 Å². The number of aromatic amines is 1. The molecule has 0 radical (unpaired) electrons. The summed E-state index contributed by atoms with van der Waals surface area (Å²) >= 11 is 2.81. The highest BCUT2D eigenvalue weighted by Gasteiger charge is 2.33. The number of H-pyrrole nitrogens is 1. The number of carbonyl (C=O) groups excluding carboxylic acids is 2. The van der Waals surface area contributed by atoms with Crippen molar-refractivity contribution in [1.29, 1.82) is 0 Å². The van der Waals surface area contributed by atoms with Crippen LogP contribution in [-0.2, 0) is 16.0 Å². The summed E-state index contributed by atoms with van der Waals surface area (Å²) in [4.78, 5) is 29.4. The van der Waals surface area contributed by atoms with Gasteiger partial charge < -0.3 is 15.6 Å². The van der Waals surface area contributed by atoms with Crippen LogP contribution in [0, 0.1) is 0 Å². The minimum atomic E-state index is -0.148. The smallest absolute Gasteiger partial charge is 0.231 e. The molecule has 13 heteroatoms. The van der Waals surface area contributed by atoms with Gasteiger partial charge in [0.1, 0.15) is 5.01 Å². The highest BCUT2D eigenvalue weighted by Crippen LogP contribution is 2.38. The highest BCUT2D eigenvalue weighted by molar-refractivity contribution is 8.12. The zero-order chi connectivity index (χ0) is 19.3. The van der Waals surface area contributed by atoms with Crippen molar-refractivity contribution in [2.75, 3.05) is 5.32 Å². The summed E-state index contributed by atoms with van der Waals surface area (Å²) in [7, 11) is 0. The second-order valence-electron chi connectivity index (χ2n) is 6.46. The van der Waals surface area contributed by atoms with E-state index in [0.717, 1.165) is 36.4 Å². The monoisotopic (exact) mass is 421 g/mol. The standard InChI is InChI=1S/C15H19N9O2S2/c25-8-18-14-21-20-13(27-14)9-2-1-3-11(4-9)24-23-22-15(28-24)19-12(26)5-10-6-16-7-17-10/h6-9,11,23H,1-5H2,(H,16,17)(H,18,21,25)(H,19,22,26)/t9?,11-/m0/s1. The van der Waals surface area contributed by atoms with E-state index in [0.29, 0.717) is 22.6 Å². The van der Waals surface area contributed by atoms with Gasteiger partial charge in [0.2, 0.25) is 22.6 Å². The summed E-state index contributed by atoms with van der Waals surface area (Å²) in [6.07, 6.45) is 8.03. The first-order chi connectivity index (χ1) is 13.7. The number of rotatable bonds is 6. The third kappa shape index (κ3) is 4.48. The number of nitrogens with zero attached hydrogens (tertiary/aromatic N) is 5. The van der Waals surface area contributed by atoms with E-state index in [4.69, 9.17) is 0 Å². The zero-order valence-corrected chi connectivity index (χ0v) is 16.4. The fourth-order valence-electron chi connectivity index (χ4n) is 3.26. The largest absolute Gasteiger partial charge is 0.348 e. The zero-order valence-electron chi connectivity index (χ0n) is 14.8. The van der Waals surface area contributed by atoms with Crippen LogP contribution < -0.4 is 16.2 Å². The molecule has 0 bridgehead atoms. The maximum Gasteiger partial charge on any atom is 0.231 e. The van der Waals surface area contributed by atoms with Crippen molar-refractivity contribution in [3.63, 3.8) is 0 Å². The van der Waals surface area contributed by atoms with E-state index in [1.54, 1.807) is 12.5 Å². The molecule has 2 aliphatic rings. The molecule has 148 valence electrons. The Morgan fingerprint density at radius 2 is 2.32 bits per heavy atom. The molecular formula is C15H19N9O2S2. The van der Waals surface area contributed by atoms with Crippen LogP contribution >= 0.6 is 23.3 Å². The summed E-state index contributed by atoms with van der Waals surface area (Å²) < 4.78 is 1.98. The van der Waals surface area contributed by atoms with Gasteiger partial charge in [0.15, 0.2) is 0 Å². The summed E-state index contributed by atoms with van der Waals surface area (Å²) in [6.45, 7) is 0. The quantitative estimate of drug-likeness (QED) is 0.399. The molecule has 28 heavy (non-hydrogen) atoms. The van der Waals surface area contributed by atoms with Gasteiger partial charge in [-0.1, -0.05) is 17.8 Å². The molecule has 1 unspecified atom stereocenters. The van der Waals surface area contributed by atoms with Crippen LogP contribution in [0.4, 0.5) is 5.13 Å². The molecule has 3 heterocycles. The number of hydrogen-bond donors (Lipinski definition) is 4. The molecule has 1 aliphatic heterocycles. The Morgan fingerprint density at radius 3 is 3.14 bits per heavy atom. The predicted octanol–water partition coefficient (Wildman–Crippen LogP) is 0.954. The van der Waals surface area contributed by atoms with Gasteiger partial charge in [-0.25, -0.2) is 10.5 Å². The lowest BCUT2D eigenvalue weighted by Crippen LogP contribution is -2.38. The Kier molecular flexibility index (Phi) is 5.83. The lowest BCUT2D eigenvalue weighted by molar-refractivity contribution is -0.119. The third-order valence-corrected chi connectivity index (χ3v) is 6.50. The van der Waals surface area contributed by atoms with Gasteiger partial charge in [-0.05, 0) is 19.3 Å². The van der Waals surface area contributed by atoms with Gasteiger partial charge in [-0.15, -0.1) is 19.7 Å². The topological polar surface area (TPSA) is 140 Å². The first-order valence-electron chi connectivity index (χ1n) is 8.82. The van der Waals surface area contributed by atoms with Crippen LogP contribution in [0.1, 0.15) is 42.3 Å². The number of aromatic nitrogens is 4. The average Bonchev–Trinajstić information content (AvgIpc) is 3.44. The van der Waals surface area contributed by atoms with Crippen LogP contribution in [0.25, 0.3) is 0 Å². The van der Waals surface area contributed by atoms with Crippen molar-refractivity contribution < 1.29 is 9.59 Å². The molecular weight excluding hydrogens is 402 g/mol. The Balaban J connectivity index is 1.29. The maximum absolute atomic E-state index is 12.1. The predicted molar refractivity (Wildman–Crippen MR) is 105 cm³/mol. The number of hydrazone groups is 1. The Morgan fingerprint density at radius 1 is 1.39 bits per heavy atom. The molecule has 2 aromatic rings. The molecule has 0 spiro atoms. The lowest BCUT2D eigenvalue weighted by Gasteiger charge is -2.32. The Hall–Kier alpha value is -2.51. The number of amidine groups is 1. The number of nitrogens with one attached hydrogen (secondary N) is 4. The van der Waals surface area contributed by atoms with Crippen molar-refractivity contribution in [2.45, 2.75) is 44.1 Å². The van der Waals surface area contributed by atoms with Gasteiger partial charge in [-0.3, -0.25) is 9.59 Å². The number of hydrogen-bond acceptors (Lipinski definition) is 10. The fourth-order valence-corrected chi connectivity index (χ4v) is 4.96. The van der Waals surface area contributed by atoms with Crippen LogP contribution in [-0.4, -0.2) is 48.1 Å². The number of carbonyl (C=O) groups is 2. The summed E-state index contributed by atoms with van der Waals surface area (Å²) in [5.41, 5.74) is 3.75. The number of amides is 2. The normalized spacial score (nSPS) is 22.4. The molecule has 1 fully saturated rings. The molecule has 2 amide bonds. The molecule has 0 aromatic carbocycles. The van der Waals surface area contributed by atoms with Crippen molar-refractivity contribution in [2.24, 2.45) is 5.10 Å². The lowest BCUT2D eigenvalue weighted by atomic mass is 9.86. The molecule has 4 rings (SSSR count). The van der Waals surface area contributed by atoms with E-state index in [2.05, 4.69) is 41.4 Å². The molecule has 0 saturated heterocycles. The number of imidazole rings is 1. The molecule has 4 N–H and O–H groups in total. The van der Waals surface area contributed by atoms with Gasteiger partial charge in [0, 0.05) is 35.8 Å². The Labute approximate surface area is 168 Å². The highest BCUT2D eigenvalue weighted by atomic mass is 32.2. The minimum absolute atomic E-state index is 0.148. The molecule has 11 nitrogen and oxygen atoms in total. The van der Waals surface area contributed by atoms with E-state index < -0.39 is 0 Å². The van der Waals surface area contributed by atoms with Crippen molar-refractivity contribution in [1.82, 2.24) is 35.4 Å². The second kappa shape index (κ2) is 8.67. The van der Waals surface area contributed by atoms with Crippen LogP contribution in [0.2, 0.25) is 0 Å². The first kappa shape index (κ1) is 18.8. The first-order valence-corrected chi connectivity index (χ1v) is 10.4. The van der Waals surface area contributed by atoms with Gasteiger partial charge in [-0.2, -0.15) is 0 Å². The van der Waals surface area contributed by atoms with Gasteiger partial charge in [0.25, 0.3) is 0 Å². The van der Waals surface area contributed by atoms with E-state index in [-0.39, 0.29) is 18.4 Å². The van der Waals surface area contributed by atoms with Crippen LogP contribution in [0.5, 0.6) is 0 Å². The summed E-state index contributed by atoms with van der Waals surface area (Å²) in [5.74, 6) is 0.143. The molecule has 1 saturated carbocycles. The second-order valence-corrected chi connectivity index (χ2v) is 8.43. The molecule has 2 aromatic heterocycles. The van der Waals surface area contributed by atoms with Crippen LogP contribution in [0.3, 0.4) is 0 Å². The summed E-state index contributed by atoms with van der Waals surface area (Å²) in [5, 5.41) is 19.8. The third-order valence-electron chi connectivity index (χ3n) is 4.54. The van der Waals surface area contributed by atoms with Crippen LogP contribution in [0.15, 0.2) is 17.6 Å². The molecule has 1 aliphatic carbocycles. The fraction of sp³-hybridized carbons (Fsp3) is 0.467. The number of hydrazine groups is 1. The van der Waals surface area contributed by atoms with E-state index in [1.807, 2.05) is 4.41 Å². The SMILES string of the molecule is O=CNc1nnc(C2CCC[C@H](N3NN=C(NC(=O)Cc4cnc[nH]4)S3)C2)s1. The van der Waals surface area contributed by atoms with Gasteiger partial charge >= 0.3 is 0 Å². The number of anilines is 1.